The molecule has 1 aliphatic heterocycles. The van der Waals surface area contributed by atoms with E-state index in [1.54, 1.807) is 18.7 Å². The number of nitrogens with one attached hydrogen (secondary N) is 2. The summed E-state index contributed by atoms with van der Waals surface area (Å²) in [6.07, 6.45) is 7.10. The number of fused-ring (bicyclic) bond motifs is 1. The van der Waals surface area contributed by atoms with Crippen LogP contribution in [0.5, 0.6) is 0 Å². The Morgan fingerprint density at radius 2 is 2.12 bits per heavy atom. The molecular weight excluding hydrogens is 306 g/mol. The third-order valence-electron chi connectivity index (χ3n) is 4.50. The number of hydrogen-bond donors (Lipinski definition) is 2. The average Bonchev–Trinajstić information content (AvgIpc) is 3.19. The molecule has 122 valence electrons. The number of amides is 1. The van der Waals surface area contributed by atoms with Crippen LogP contribution in [0, 0.1) is 5.92 Å². The third-order valence-corrected chi connectivity index (χ3v) is 4.50. The Morgan fingerprint density at radius 1 is 1.29 bits per heavy atom. The summed E-state index contributed by atoms with van der Waals surface area (Å²) in [6, 6.07) is 3.96. The van der Waals surface area contributed by atoms with Crippen molar-refractivity contribution in [1.29, 1.82) is 0 Å². The van der Waals surface area contributed by atoms with Crippen molar-refractivity contribution >= 4 is 22.9 Å². The van der Waals surface area contributed by atoms with Gasteiger partial charge in [0.25, 0.3) is 0 Å². The largest absolute Gasteiger partial charge is 0.368 e. The van der Waals surface area contributed by atoms with Crippen molar-refractivity contribution in [2.24, 2.45) is 5.92 Å². The maximum absolute atomic E-state index is 12.2. The van der Waals surface area contributed by atoms with Crippen molar-refractivity contribution in [3.63, 3.8) is 0 Å². The number of aromatic nitrogens is 5. The number of imidazole rings is 1. The van der Waals surface area contributed by atoms with Gasteiger partial charge in [0, 0.05) is 38.3 Å². The van der Waals surface area contributed by atoms with E-state index in [4.69, 9.17) is 0 Å². The number of carbonyl (C=O) groups excluding carboxylic acids is 1. The zero-order valence-electron chi connectivity index (χ0n) is 13.2. The second kappa shape index (κ2) is 5.88. The van der Waals surface area contributed by atoms with E-state index in [0.717, 1.165) is 11.1 Å². The van der Waals surface area contributed by atoms with Crippen molar-refractivity contribution in [2.75, 3.05) is 18.9 Å². The van der Waals surface area contributed by atoms with E-state index in [2.05, 4.69) is 30.2 Å². The lowest BCUT2D eigenvalue weighted by Gasteiger charge is -2.25. The molecular formula is C16H17N7O. The van der Waals surface area contributed by atoms with Crippen molar-refractivity contribution in [3.8, 4) is 0 Å². The molecule has 4 heterocycles. The highest BCUT2D eigenvalue weighted by molar-refractivity contribution is 5.82. The lowest BCUT2D eigenvalue weighted by Crippen LogP contribution is -2.26. The number of H-pyrrole nitrogens is 1. The van der Waals surface area contributed by atoms with Crippen molar-refractivity contribution in [3.05, 3.63) is 42.7 Å². The Bertz CT molecular complexity index is 863. The van der Waals surface area contributed by atoms with E-state index in [9.17, 15) is 4.79 Å². The van der Waals surface area contributed by atoms with Crippen LogP contribution in [-0.2, 0) is 4.79 Å². The van der Waals surface area contributed by atoms with E-state index in [1.807, 2.05) is 24.1 Å². The summed E-state index contributed by atoms with van der Waals surface area (Å²) in [4.78, 5) is 33.6. The van der Waals surface area contributed by atoms with Gasteiger partial charge >= 0.3 is 0 Å². The first kappa shape index (κ1) is 14.6. The van der Waals surface area contributed by atoms with Crippen LogP contribution in [0.2, 0.25) is 0 Å². The smallest absolute Gasteiger partial charge is 0.223 e. The topological polar surface area (TPSA) is 99.7 Å². The van der Waals surface area contributed by atoms with Crippen LogP contribution in [0.3, 0.4) is 0 Å². The van der Waals surface area contributed by atoms with E-state index < -0.39 is 0 Å². The summed E-state index contributed by atoms with van der Waals surface area (Å²) in [7, 11) is 1.85. The first-order chi connectivity index (χ1) is 11.7. The van der Waals surface area contributed by atoms with Gasteiger partial charge < -0.3 is 15.2 Å². The van der Waals surface area contributed by atoms with Gasteiger partial charge in [0.05, 0.1) is 12.4 Å². The molecule has 4 rings (SSSR count). The maximum Gasteiger partial charge on any atom is 0.223 e. The van der Waals surface area contributed by atoms with Gasteiger partial charge in [0.1, 0.15) is 11.8 Å². The Kier molecular flexibility index (Phi) is 3.56. The molecule has 1 amide bonds. The van der Waals surface area contributed by atoms with Gasteiger partial charge in [-0.1, -0.05) is 0 Å². The predicted octanol–water partition coefficient (Wildman–Crippen LogP) is 1.38. The van der Waals surface area contributed by atoms with Crippen LogP contribution < -0.4 is 5.32 Å². The average molecular weight is 323 g/mol. The fourth-order valence-corrected chi connectivity index (χ4v) is 3.32. The van der Waals surface area contributed by atoms with Gasteiger partial charge in [-0.2, -0.15) is 0 Å². The van der Waals surface area contributed by atoms with E-state index in [-0.39, 0.29) is 17.9 Å². The first-order valence-electron chi connectivity index (χ1n) is 7.77. The molecule has 3 aromatic heterocycles. The second-order valence-electron chi connectivity index (χ2n) is 5.90. The zero-order chi connectivity index (χ0) is 16.5. The van der Waals surface area contributed by atoms with Crippen molar-refractivity contribution in [1.82, 2.24) is 29.8 Å². The molecule has 0 unspecified atom stereocenters. The molecule has 1 aliphatic rings. The molecule has 2 N–H and O–H groups in total. The summed E-state index contributed by atoms with van der Waals surface area (Å²) >= 11 is 0. The fraction of sp³-hybridized carbons (Fsp3) is 0.312. The Balaban J connectivity index is 1.56. The highest BCUT2D eigenvalue weighted by atomic mass is 16.2. The summed E-state index contributed by atoms with van der Waals surface area (Å²) in [5.41, 5.74) is 2.49. The number of hydrogen-bond acceptors (Lipinski definition) is 6. The standard InChI is InChI=1S/C16H17N7O/c1-23-12(24)6-11(14(23)10-2-4-17-5-3-10)7-18-15-13-16(20-8-19-13)22-9-21-15/h2-5,8-9,11,14H,6-7H2,1H3,(H2,18,19,20,21,22)/t11-,14-/m0/s1. The first-order valence-corrected chi connectivity index (χ1v) is 7.77. The Labute approximate surface area is 138 Å². The van der Waals surface area contributed by atoms with Gasteiger partial charge in [-0.25, -0.2) is 15.0 Å². The lowest BCUT2D eigenvalue weighted by atomic mass is 9.94. The highest BCUT2D eigenvalue weighted by Crippen LogP contribution is 2.36. The van der Waals surface area contributed by atoms with Crippen LogP contribution in [0.15, 0.2) is 37.2 Å². The predicted molar refractivity (Wildman–Crippen MR) is 88.0 cm³/mol. The molecule has 1 saturated heterocycles. The Morgan fingerprint density at radius 3 is 2.96 bits per heavy atom. The molecule has 0 saturated carbocycles. The third kappa shape index (κ3) is 2.45. The quantitative estimate of drug-likeness (QED) is 0.752. The van der Waals surface area contributed by atoms with Crippen LogP contribution in [0.1, 0.15) is 18.0 Å². The minimum absolute atomic E-state index is 0.0343. The van der Waals surface area contributed by atoms with Gasteiger partial charge in [-0.15, -0.1) is 0 Å². The number of likely N-dealkylation sites (tertiary alicyclic amines) is 1. The molecule has 0 aliphatic carbocycles. The van der Waals surface area contributed by atoms with Crippen LogP contribution >= 0.6 is 0 Å². The number of anilines is 1. The summed E-state index contributed by atoms with van der Waals surface area (Å²) in [6.45, 7) is 0.633. The van der Waals surface area contributed by atoms with E-state index in [1.165, 1.54) is 6.33 Å². The van der Waals surface area contributed by atoms with Gasteiger partial charge in [-0.05, 0) is 17.7 Å². The number of rotatable bonds is 4. The van der Waals surface area contributed by atoms with Crippen molar-refractivity contribution in [2.45, 2.75) is 12.5 Å². The number of aromatic amines is 1. The normalized spacial score (nSPS) is 20.7. The van der Waals surface area contributed by atoms with Crippen molar-refractivity contribution < 1.29 is 4.79 Å². The zero-order valence-corrected chi connectivity index (χ0v) is 13.2. The highest BCUT2D eigenvalue weighted by Gasteiger charge is 2.38. The minimum atomic E-state index is 0.0343. The summed E-state index contributed by atoms with van der Waals surface area (Å²) in [5.74, 6) is 1.00. The molecule has 8 heteroatoms. The molecule has 0 aromatic carbocycles. The van der Waals surface area contributed by atoms with Crippen LogP contribution in [-0.4, -0.2) is 49.3 Å². The monoisotopic (exact) mass is 323 g/mol. The Hall–Kier alpha value is -3.03. The summed E-state index contributed by atoms with van der Waals surface area (Å²) in [5, 5.41) is 3.34. The van der Waals surface area contributed by atoms with E-state index in [0.29, 0.717) is 24.4 Å². The lowest BCUT2D eigenvalue weighted by molar-refractivity contribution is -0.127. The molecule has 8 nitrogen and oxygen atoms in total. The minimum Gasteiger partial charge on any atom is -0.368 e. The molecule has 2 atom stereocenters. The number of carbonyl (C=O) groups is 1. The number of pyridine rings is 1. The summed E-state index contributed by atoms with van der Waals surface area (Å²) < 4.78 is 0. The molecule has 0 radical (unpaired) electrons. The fourth-order valence-electron chi connectivity index (χ4n) is 3.32. The molecule has 3 aromatic rings. The van der Waals surface area contributed by atoms with Gasteiger partial charge in [0.2, 0.25) is 5.91 Å². The molecule has 24 heavy (non-hydrogen) atoms. The molecule has 0 bridgehead atoms. The van der Waals surface area contributed by atoms with Crippen LogP contribution in [0.25, 0.3) is 11.2 Å². The molecule has 1 fully saturated rings. The van der Waals surface area contributed by atoms with Gasteiger partial charge in [-0.3, -0.25) is 9.78 Å². The second-order valence-corrected chi connectivity index (χ2v) is 5.90. The van der Waals surface area contributed by atoms with Gasteiger partial charge in [0.15, 0.2) is 11.5 Å². The molecule has 0 spiro atoms. The van der Waals surface area contributed by atoms with Crippen LogP contribution in [0.4, 0.5) is 5.82 Å². The SMILES string of the molecule is CN1C(=O)C[C@@H](CNc2ncnc3nc[nH]c23)[C@@H]1c1ccncc1. The maximum atomic E-state index is 12.2. The van der Waals surface area contributed by atoms with E-state index >= 15 is 0 Å². The number of nitrogens with zero attached hydrogens (tertiary/aromatic N) is 5.